The van der Waals surface area contributed by atoms with Gasteiger partial charge >= 0.3 is 0 Å². The highest BCUT2D eigenvalue weighted by molar-refractivity contribution is 5.81. The molecule has 0 saturated carbocycles. The zero-order valence-corrected chi connectivity index (χ0v) is 12.1. The first kappa shape index (κ1) is 15.5. The Bertz CT molecular complexity index is 401. The number of benzene rings is 1. The topological polar surface area (TPSA) is 64.3 Å². The molecule has 0 bridgehead atoms. The van der Waals surface area contributed by atoms with Gasteiger partial charge < -0.3 is 15.8 Å². The number of ether oxygens (including phenoxy) is 1. The number of nitrogens with two attached hydrogens (primary N) is 1. The number of amides is 1. The van der Waals surface area contributed by atoms with Gasteiger partial charge in [-0.3, -0.25) is 4.79 Å². The molecule has 0 aliphatic rings. The average molecular weight is 264 g/mol. The van der Waals surface area contributed by atoms with Gasteiger partial charge in [-0.25, -0.2) is 0 Å². The SMILES string of the molecule is Cc1ccc(OCC(C)NC(=O)[C@@H](N)C(C)C)cc1. The summed E-state index contributed by atoms with van der Waals surface area (Å²) in [5.41, 5.74) is 6.97. The van der Waals surface area contributed by atoms with Gasteiger partial charge in [0.05, 0.1) is 12.1 Å². The van der Waals surface area contributed by atoms with E-state index < -0.39 is 6.04 Å². The Balaban J connectivity index is 2.37. The lowest BCUT2D eigenvalue weighted by Gasteiger charge is -2.20. The van der Waals surface area contributed by atoms with Crippen LogP contribution in [0.3, 0.4) is 0 Å². The molecular weight excluding hydrogens is 240 g/mol. The van der Waals surface area contributed by atoms with E-state index in [1.165, 1.54) is 5.56 Å². The van der Waals surface area contributed by atoms with Gasteiger partial charge in [-0.1, -0.05) is 31.5 Å². The van der Waals surface area contributed by atoms with E-state index in [1.54, 1.807) is 0 Å². The second-order valence-corrected chi connectivity index (χ2v) is 5.30. The van der Waals surface area contributed by atoms with Crippen molar-refractivity contribution in [1.29, 1.82) is 0 Å². The highest BCUT2D eigenvalue weighted by atomic mass is 16.5. The molecule has 19 heavy (non-hydrogen) atoms. The van der Waals surface area contributed by atoms with Crippen LogP contribution in [0.4, 0.5) is 0 Å². The molecule has 0 spiro atoms. The van der Waals surface area contributed by atoms with Crippen molar-refractivity contribution < 1.29 is 9.53 Å². The lowest BCUT2D eigenvalue weighted by Crippen LogP contribution is -2.48. The summed E-state index contributed by atoms with van der Waals surface area (Å²) in [6, 6.07) is 7.29. The van der Waals surface area contributed by atoms with Crippen LogP contribution in [-0.4, -0.2) is 24.6 Å². The fourth-order valence-corrected chi connectivity index (χ4v) is 1.54. The monoisotopic (exact) mass is 264 g/mol. The standard InChI is InChI=1S/C15H24N2O2/c1-10(2)14(16)15(18)17-12(4)9-19-13-7-5-11(3)6-8-13/h5-8,10,12,14H,9,16H2,1-4H3,(H,17,18)/t12?,14-/m0/s1. The summed E-state index contributed by atoms with van der Waals surface area (Å²) in [6.45, 7) is 8.22. The van der Waals surface area contributed by atoms with Gasteiger partial charge in [0, 0.05) is 0 Å². The van der Waals surface area contributed by atoms with Crippen LogP contribution in [0, 0.1) is 12.8 Å². The van der Waals surface area contributed by atoms with Crippen molar-refractivity contribution in [3.8, 4) is 5.75 Å². The van der Waals surface area contributed by atoms with Gasteiger partial charge in [-0.2, -0.15) is 0 Å². The first-order chi connectivity index (χ1) is 8.90. The van der Waals surface area contributed by atoms with Gasteiger partial charge in [0.1, 0.15) is 12.4 Å². The van der Waals surface area contributed by atoms with Crippen molar-refractivity contribution in [3.63, 3.8) is 0 Å². The van der Waals surface area contributed by atoms with Crippen LogP contribution >= 0.6 is 0 Å². The summed E-state index contributed by atoms with van der Waals surface area (Å²) in [5, 5.41) is 2.85. The summed E-state index contributed by atoms with van der Waals surface area (Å²) >= 11 is 0. The van der Waals surface area contributed by atoms with Crippen LogP contribution in [0.25, 0.3) is 0 Å². The van der Waals surface area contributed by atoms with Crippen LogP contribution in [0.5, 0.6) is 5.75 Å². The largest absolute Gasteiger partial charge is 0.491 e. The number of carbonyl (C=O) groups is 1. The first-order valence-electron chi connectivity index (χ1n) is 6.65. The molecule has 0 saturated heterocycles. The fourth-order valence-electron chi connectivity index (χ4n) is 1.54. The Labute approximate surface area is 115 Å². The quantitative estimate of drug-likeness (QED) is 0.824. The van der Waals surface area contributed by atoms with Crippen molar-refractivity contribution >= 4 is 5.91 Å². The van der Waals surface area contributed by atoms with E-state index in [0.29, 0.717) is 6.61 Å². The van der Waals surface area contributed by atoms with Gasteiger partial charge in [0.2, 0.25) is 5.91 Å². The Hall–Kier alpha value is -1.55. The highest BCUT2D eigenvalue weighted by Gasteiger charge is 2.18. The smallest absolute Gasteiger partial charge is 0.237 e. The molecule has 4 nitrogen and oxygen atoms in total. The van der Waals surface area contributed by atoms with Gasteiger partial charge in [-0.15, -0.1) is 0 Å². The van der Waals surface area contributed by atoms with Gasteiger partial charge in [0.15, 0.2) is 0 Å². The molecule has 4 heteroatoms. The van der Waals surface area contributed by atoms with Crippen molar-refractivity contribution in [2.45, 2.75) is 39.8 Å². The van der Waals surface area contributed by atoms with Crippen molar-refractivity contribution in [2.24, 2.45) is 11.7 Å². The average Bonchev–Trinajstić information content (AvgIpc) is 2.37. The van der Waals surface area contributed by atoms with Crippen LogP contribution < -0.4 is 15.8 Å². The molecule has 1 aromatic carbocycles. The third kappa shape index (κ3) is 5.30. The van der Waals surface area contributed by atoms with Gasteiger partial charge in [-0.05, 0) is 31.9 Å². The molecule has 1 amide bonds. The highest BCUT2D eigenvalue weighted by Crippen LogP contribution is 2.11. The summed E-state index contributed by atoms with van der Waals surface area (Å²) in [6.07, 6.45) is 0. The molecule has 0 fully saturated rings. The van der Waals surface area contributed by atoms with E-state index in [4.69, 9.17) is 10.5 Å². The predicted octanol–water partition coefficient (Wildman–Crippen LogP) is 1.86. The molecule has 0 aromatic heterocycles. The third-order valence-electron chi connectivity index (χ3n) is 2.93. The maximum Gasteiger partial charge on any atom is 0.237 e. The first-order valence-corrected chi connectivity index (χ1v) is 6.65. The molecule has 0 aliphatic carbocycles. The molecule has 0 radical (unpaired) electrons. The molecule has 2 atom stereocenters. The Kier molecular flexibility index (Phi) is 5.83. The number of aryl methyl sites for hydroxylation is 1. The number of nitrogens with one attached hydrogen (secondary N) is 1. The molecule has 0 aliphatic heterocycles. The Morgan fingerprint density at radius 2 is 1.84 bits per heavy atom. The van der Waals surface area contributed by atoms with Crippen LogP contribution in [0.1, 0.15) is 26.3 Å². The predicted molar refractivity (Wildman–Crippen MR) is 77.1 cm³/mol. The number of hydrogen-bond acceptors (Lipinski definition) is 3. The van der Waals surface area contributed by atoms with E-state index in [-0.39, 0.29) is 17.9 Å². The van der Waals surface area contributed by atoms with E-state index in [0.717, 1.165) is 5.75 Å². The minimum atomic E-state index is -0.471. The lowest BCUT2D eigenvalue weighted by molar-refractivity contribution is -0.124. The Morgan fingerprint density at radius 3 is 2.37 bits per heavy atom. The molecule has 1 rings (SSSR count). The summed E-state index contributed by atoms with van der Waals surface area (Å²) in [5.74, 6) is 0.806. The second kappa shape index (κ2) is 7.14. The number of hydrogen-bond donors (Lipinski definition) is 2. The minimum absolute atomic E-state index is 0.0707. The molecule has 106 valence electrons. The summed E-state index contributed by atoms with van der Waals surface area (Å²) in [7, 11) is 0. The fraction of sp³-hybridized carbons (Fsp3) is 0.533. The maximum atomic E-state index is 11.8. The van der Waals surface area contributed by atoms with Crippen molar-refractivity contribution in [2.75, 3.05) is 6.61 Å². The van der Waals surface area contributed by atoms with E-state index in [1.807, 2.05) is 52.0 Å². The third-order valence-corrected chi connectivity index (χ3v) is 2.93. The van der Waals surface area contributed by atoms with Crippen LogP contribution in [-0.2, 0) is 4.79 Å². The molecule has 1 aromatic rings. The van der Waals surface area contributed by atoms with Gasteiger partial charge in [0.25, 0.3) is 0 Å². The minimum Gasteiger partial charge on any atom is -0.491 e. The molecule has 1 unspecified atom stereocenters. The summed E-state index contributed by atoms with van der Waals surface area (Å²) < 4.78 is 5.61. The molecule has 0 heterocycles. The maximum absolute atomic E-state index is 11.8. The van der Waals surface area contributed by atoms with Crippen LogP contribution in [0.15, 0.2) is 24.3 Å². The number of rotatable bonds is 6. The second-order valence-electron chi connectivity index (χ2n) is 5.30. The molecule has 3 N–H and O–H groups in total. The zero-order valence-electron chi connectivity index (χ0n) is 12.1. The Morgan fingerprint density at radius 1 is 1.26 bits per heavy atom. The van der Waals surface area contributed by atoms with Crippen molar-refractivity contribution in [1.82, 2.24) is 5.32 Å². The zero-order chi connectivity index (χ0) is 14.4. The van der Waals surface area contributed by atoms with E-state index in [2.05, 4.69) is 5.32 Å². The van der Waals surface area contributed by atoms with Crippen molar-refractivity contribution in [3.05, 3.63) is 29.8 Å². The normalized spacial score (nSPS) is 14.0. The van der Waals surface area contributed by atoms with E-state index in [9.17, 15) is 4.79 Å². The lowest BCUT2D eigenvalue weighted by atomic mass is 10.0. The van der Waals surface area contributed by atoms with E-state index >= 15 is 0 Å². The molecular formula is C15H24N2O2. The van der Waals surface area contributed by atoms with Crippen LogP contribution in [0.2, 0.25) is 0 Å². The summed E-state index contributed by atoms with van der Waals surface area (Å²) in [4.78, 5) is 11.8. The number of carbonyl (C=O) groups excluding carboxylic acids is 1.